The lowest BCUT2D eigenvalue weighted by atomic mass is 9.98. The van der Waals surface area contributed by atoms with Gasteiger partial charge in [0.2, 0.25) is 5.91 Å². The van der Waals surface area contributed by atoms with Crippen molar-refractivity contribution in [2.75, 3.05) is 19.7 Å². The van der Waals surface area contributed by atoms with Crippen LogP contribution in [0.25, 0.3) is 21.9 Å². The number of hydrogen-bond donors (Lipinski definition) is 0. The van der Waals surface area contributed by atoms with Gasteiger partial charge in [-0.05, 0) is 31.9 Å². The number of carbonyl (C=O) groups is 2. The third-order valence-corrected chi connectivity index (χ3v) is 5.08. The summed E-state index contributed by atoms with van der Waals surface area (Å²) in [5, 5.41) is 5.31. The highest BCUT2D eigenvalue weighted by molar-refractivity contribution is 6.02. The second-order valence-electron chi connectivity index (χ2n) is 6.88. The van der Waals surface area contributed by atoms with Gasteiger partial charge in [0.1, 0.15) is 17.5 Å². The van der Waals surface area contributed by atoms with E-state index in [1.165, 1.54) is 10.9 Å². The summed E-state index contributed by atoms with van der Waals surface area (Å²) in [7, 11) is 0. The number of piperidine rings is 1. The number of likely N-dealkylation sites (tertiary alicyclic amines) is 1. The van der Waals surface area contributed by atoms with Gasteiger partial charge < -0.3 is 14.1 Å². The van der Waals surface area contributed by atoms with E-state index in [1.807, 2.05) is 12.1 Å². The molecule has 1 unspecified atom stereocenters. The highest BCUT2D eigenvalue weighted by atomic mass is 16.5. The van der Waals surface area contributed by atoms with Gasteiger partial charge in [0.15, 0.2) is 0 Å². The van der Waals surface area contributed by atoms with Crippen molar-refractivity contribution in [1.29, 1.82) is 0 Å². The second-order valence-corrected chi connectivity index (χ2v) is 6.88. The number of ether oxygens (including phenoxy) is 1. The van der Waals surface area contributed by atoms with Crippen LogP contribution in [0, 0.1) is 5.92 Å². The molecule has 1 saturated heterocycles. The van der Waals surface area contributed by atoms with Crippen molar-refractivity contribution >= 4 is 33.7 Å². The van der Waals surface area contributed by atoms with E-state index >= 15 is 0 Å². The van der Waals surface area contributed by atoms with Crippen molar-refractivity contribution in [3.8, 4) is 0 Å². The number of aromatic nitrogens is 2. The van der Waals surface area contributed by atoms with E-state index in [1.54, 1.807) is 24.0 Å². The van der Waals surface area contributed by atoms with Crippen LogP contribution in [0.2, 0.25) is 0 Å². The zero-order valence-electron chi connectivity index (χ0n) is 15.6. The molecule has 1 amide bonds. The lowest BCUT2D eigenvalue weighted by Crippen LogP contribution is -2.44. The summed E-state index contributed by atoms with van der Waals surface area (Å²) < 4.78 is 11.9. The zero-order valence-corrected chi connectivity index (χ0v) is 15.6. The smallest absolute Gasteiger partial charge is 0.347 e. The Morgan fingerprint density at radius 1 is 1.29 bits per heavy atom. The molecule has 8 heteroatoms. The molecular weight excluding hydrogens is 362 g/mol. The van der Waals surface area contributed by atoms with Gasteiger partial charge in [0.25, 0.3) is 0 Å². The topological polar surface area (TPSA) is 94.6 Å². The second kappa shape index (κ2) is 7.46. The summed E-state index contributed by atoms with van der Waals surface area (Å²) in [5.41, 5.74) is 0.557. The van der Waals surface area contributed by atoms with Crippen LogP contribution in [-0.4, -0.2) is 46.3 Å². The molecule has 0 N–H and O–H groups in total. The summed E-state index contributed by atoms with van der Waals surface area (Å²) in [4.78, 5) is 38.8. The summed E-state index contributed by atoms with van der Waals surface area (Å²) in [6, 6.07) is 7.17. The van der Waals surface area contributed by atoms with E-state index in [-0.39, 0.29) is 24.3 Å². The number of esters is 1. The molecule has 0 spiro atoms. The van der Waals surface area contributed by atoms with E-state index in [2.05, 4.69) is 5.10 Å². The fourth-order valence-electron chi connectivity index (χ4n) is 3.73. The molecule has 0 aliphatic carbocycles. The number of carbonyl (C=O) groups excluding carboxylic acids is 2. The summed E-state index contributed by atoms with van der Waals surface area (Å²) >= 11 is 0. The molecule has 2 aromatic heterocycles. The molecule has 0 saturated carbocycles. The number of para-hydroxylation sites is 1. The molecule has 1 aromatic carbocycles. The molecule has 3 heterocycles. The Morgan fingerprint density at radius 3 is 2.93 bits per heavy atom. The SMILES string of the molecule is CCOC(=O)C1CCCN(C(=O)Cn2ncc3c(=O)oc4ccccc4c32)C1. The average molecular weight is 383 g/mol. The van der Waals surface area contributed by atoms with Crippen LogP contribution in [0.5, 0.6) is 0 Å². The maximum atomic E-state index is 12.9. The fourth-order valence-corrected chi connectivity index (χ4v) is 3.73. The van der Waals surface area contributed by atoms with Crippen molar-refractivity contribution in [3.05, 3.63) is 40.9 Å². The van der Waals surface area contributed by atoms with Gasteiger partial charge in [-0.1, -0.05) is 12.1 Å². The van der Waals surface area contributed by atoms with Gasteiger partial charge in [0, 0.05) is 18.5 Å². The first-order valence-electron chi connectivity index (χ1n) is 9.40. The van der Waals surface area contributed by atoms with Crippen LogP contribution >= 0.6 is 0 Å². The van der Waals surface area contributed by atoms with Gasteiger partial charge in [-0.15, -0.1) is 0 Å². The van der Waals surface area contributed by atoms with Crippen molar-refractivity contribution < 1.29 is 18.7 Å². The highest BCUT2D eigenvalue weighted by Crippen LogP contribution is 2.23. The van der Waals surface area contributed by atoms with Gasteiger partial charge in [-0.3, -0.25) is 14.3 Å². The predicted molar refractivity (Wildman–Crippen MR) is 102 cm³/mol. The summed E-state index contributed by atoms with van der Waals surface area (Å²) in [6.45, 7) is 3.04. The standard InChI is InChI=1S/C20H21N3O5/c1-2-27-19(25)13-6-5-9-22(11-13)17(24)12-23-18-14-7-3-4-8-16(14)28-20(26)15(18)10-21-23/h3-4,7-8,10,13H,2,5-6,9,11-12H2,1H3. The van der Waals surface area contributed by atoms with Crippen LogP contribution in [0.1, 0.15) is 19.8 Å². The monoisotopic (exact) mass is 383 g/mol. The molecule has 3 aromatic rings. The van der Waals surface area contributed by atoms with Crippen LogP contribution < -0.4 is 5.63 Å². The van der Waals surface area contributed by atoms with E-state index in [4.69, 9.17) is 9.15 Å². The first-order chi connectivity index (χ1) is 13.6. The van der Waals surface area contributed by atoms with Crippen LogP contribution in [0.4, 0.5) is 0 Å². The lowest BCUT2D eigenvalue weighted by molar-refractivity contribution is -0.151. The maximum Gasteiger partial charge on any atom is 0.347 e. The Hall–Kier alpha value is -3.16. The average Bonchev–Trinajstić information content (AvgIpc) is 3.13. The van der Waals surface area contributed by atoms with Crippen molar-refractivity contribution in [3.63, 3.8) is 0 Å². The molecular formula is C20H21N3O5. The van der Waals surface area contributed by atoms with Gasteiger partial charge >= 0.3 is 11.6 Å². The van der Waals surface area contributed by atoms with Crippen LogP contribution in [0.3, 0.4) is 0 Å². The minimum Gasteiger partial charge on any atom is -0.466 e. The molecule has 0 radical (unpaired) electrons. The molecule has 1 fully saturated rings. The van der Waals surface area contributed by atoms with E-state index in [0.717, 1.165) is 18.2 Å². The Morgan fingerprint density at radius 2 is 2.11 bits per heavy atom. The fraction of sp³-hybridized carbons (Fsp3) is 0.400. The first-order valence-corrected chi connectivity index (χ1v) is 9.40. The molecule has 8 nitrogen and oxygen atoms in total. The van der Waals surface area contributed by atoms with Crippen LogP contribution in [-0.2, 0) is 20.9 Å². The van der Waals surface area contributed by atoms with Gasteiger partial charge in [0.05, 0.1) is 24.2 Å². The summed E-state index contributed by atoms with van der Waals surface area (Å²) in [5.74, 6) is -0.690. The Bertz CT molecular complexity index is 1100. The van der Waals surface area contributed by atoms with E-state index < -0.39 is 5.63 Å². The molecule has 28 heavy (non-hydrogen) atoms. The Balaban J connectivity index is 1.61. The zero-order chi connectivity index (χ0) is 19.7. The minimum absolute atomic E-state index is 0.00745. The lowest BCUT2D eigenvalue weighted by Gasteiger charge is -2.31. The first kappa shape index (κ1) is 18.2. The quantitative estimate of drug-likeness (QED) is 0.505. The predicted octanol–water partition coefficient (Wildman–Crippen LogP) is 1.94. The number of fused-ring (bicyclic) bond motifs is 3. The summed E-state index contributed by atoms with van der Waals surface area (Å²) in [6.07, 6.45) is 2.90. The third kappa shape index (κ3) is 3.26. The van der Waals surface area contributed by atoms with Crippen molar-refractivity contribution in [1.82, 2.24) is 14.7 Å². The number of nitrogens with zero attached hydrogens (tertiary/aromatic N) is 3. The third-order valence-electron chi connectivity index (χ3n) is 5.08. The molecule has 4 rings (SSSR count). The van der Waals surface area contributed by atoms with E-state index in [9.17, 15) is 14.4 Å². The molecule has 1 aliphatic heterocycles. The minimum atomic E-state index is -0.479. The molecule has 146 valence electrons. The largest absolute Gasteiger partial charge is 0.466 e. The Kier molecular flexibility index (Phi) is 4.85. The number of amides is 1. The maximum absolute atomic E-state index is 12.9. The molecule has 1 aliphatic rings. The van der Waals surface area contributed by atoms with Gasteiger partial charge in [-0.2, -0.15) is 5.10 Å². The van der Waals surface area contributed by atoms with Crippen molar-refractivity contribution in [2.24, 2.45) is 5.92 Å². The van der Waals surface area contributed by atoms with Gasteiger partial charge in [-0.25, -0.2) is 4.79 Å². The van der Waals surface area contributed by atoms with Crippen molar-refractivity contribution in [2.45, 2.75) is 26.3 Å². The molecule has 1 atom stereocenters. The van der Waals surface area contributed by atoms with Crippen LogP contribution in [0.15, 0.2) is 39.7 Å². The normalized spacial score (nSPS) is 17.2. The number of hydrogen-bond acceptors (Lipinski definition) is 6. The highest BCUT2D eigenvalue weighted by Gasteiger charge is 2.29. The Labute approximate surface area is 160 Å². The number of rotatable bonds is 4. The molecule has 0 bridgehead atoms. The van der Waals surface area contributed by atoms with E-state index in [0.29, 0.717) is 36.2 Å². The number of benzene rings is 1.